The van der Waals surface area contributed by atoms with Crippen molar-refractivity contribution in [3.05, 3.63) is 42.5 Å². The molecule has 1 aromatic carbocycles. The summed E-state index contributed by atoms with van der Waals surface area (Å²) in [6.07, 6.45) is 12.2. The molecule has 35 heavy (non-hydrogen) atoms. The number of fused-ring (bicyclic) bond motifs is 1. The number of aromatic nitrogens is 4. The first kappa shape index (κ1) is 23.7. The second-order valence-electron chi connectivity index (χ2n) is 9.07. The zero-order valence-electron chi connectivity index (χ0n) is 20.4. The number of anilines is 2. The molecule has 2 fully saturated rings. The van der Waals surface area contributed by atoms with E-state index in [1.54, 1.807) is 12.4 Å². The number of nitrogens with one attached hydrogen (secondary N) is 1. The fourth-order valence-corrected chi connectivity index (χ4v) is 4.70. The van der Waals surface area contributed by atoms with Gasteiger partial charge < -0.3 is 24.4 Å². The predicted octanol–water partition coefficient (Wildman–Crippen LogP) is 3.64. The Morgan fingerprint density at radius 2 is 1.77 bits per heavy atom. The number of nitrogens with zero attached hydrogens (tertiary/aromatic N) is 5. The monoisotopic (exact) mass is 478 g/mol. The van der Waals surface area contributed by atoms with E-state index >= 15 is 0 Å². The van der Waals surface area contributed by atoms with Crippen molar-refractivity contribution in [1.29, 1.82) is 0 Å². The van der Waals surface area contributed by atoms with Gasteiger partial charge >= 0.3 is 0 Å². The molecule has 0 radical (unpaired) electrons. The van der Waals surface area contributed by atoms with Crippen molar-refractivity contribution < 1.29 is 14.2 Å². The Bertz CT molecular complexity index is 1080. The molecular weight excluding hydrogens is 444 g/mol. The third-order valence-electron chi connectivity index (χ3n) is 6.65. The number of hydrogen-bond donors (Lipinski definition) is 1. The van der Waals surface area contributed by atoms with Gasteiger partial charge in [0.15, 0.2) is 0 Å². The number of morpholine rings is 1. The standard InChI is InChI=1S/C26H34N6O3/c1-2-33-12-7-19-17-29-26(30-18-19)31-20-3-5-22(6-4-20)35-24-16-21(32-10-13-34-14-11-32)15-23-25(24)28-9-8-27-23/h8-9,15-18,20,22H,2-7,10-14H2,1H3,(H,29,30,31)/t20-,22+. The Balaban J connectivity index is 1.18. The van der Waals surface area contributed by atoms with Gasteiger partial charge in [0.2, 0.25) is 5.95 Å². The molecule has 0 spiro atoms. The molecule has 0 amide bonds. The minimum atomic E-state index is 0.153. The Morgan fingerprint density at radius 1 is 1.00 bits per heavy atom. The fourth-order valence-electron chi connectivity index (χ4n) is 4.70. The molecule has 1 saturated carbocycles. The molecule has 0 bridgehead atoms. The maximum Gasteiger partial charge on any atom is 0.222 e. The molecular formula is C26H34N6O3. The van der Waals surface area contributed by atoms with E-state index in [-0.39, 0.29) is 6.10 Å². The van der Waals surface area contributed by atoms with Gasteiger partial charge in [-0.1, -0.05) is 0 Å². The van der Waals surface area contributed by atoms with Crippen molar-refractivity contribution >= 4 is 22.7 Å². The summed E-state index contributed by atoms with van der Waals surface area (Å²) in [6.45, 7) is 6.66. The predicted molar refractivity (Wildman–Crippen MR) is 135 cm³/mol. The third kappa shape index (κ3) is 6.15. The summed E-state index contributed by atoms with van der Waals surface area (Å²) in [5.74, 6) is 1.51. The van der Waals surface area contributed by atoms with E-state index < -0.39 is 0 Å². The van der Waals surface area contributed by atoms with Crippen LogP contribution in [0.5, 0.6) is 5.75 Å². The molecule has 9 nitrogen and oxygen atoms in total. The van der Waals surface area contributed by atoms with E-state index in [0.717, 1.165) is 93.0 Å². The molecule has 9 heteroatoms. The topological polar surface area (TPSA) is 94.5 Å². The maximum atomic E-state index is 6.53. The van der Waals surface area contributed by atoms with Gasteiger partial charge in [0.25, 0.3) is 0 Å². The Hall–Kier alpha value is -3.04. The van der Waals surface area contributed by atoms with Gasteiger partial charge in [0.1, 0.15) is 11.3 Å². The van der Waals surface area contributed by atoms with Crippen molar-refractivity contribution in [2.75, 3.05) is 49.7 Å². The summed E-state index contributed by atoms with van der Waals surface area (Å²) in [5.41, 5.74) is 3.90. The molecule has 1 saturated heterocycles. The Labute approximate surface area is 206 Å². The molecule has 5 rings (SSSR count). The molecule has 1 N–H and O–H groups in total. The van der Waals surface area contributed by atoms with Crippen LogP contribution >= 0.6 is 0 Å². The third-order valence-corrected chi connectivity index (χ3v) is 6.65. The highest BCUT2D eigenvalue weighted by Gasteiger charge is 2.24. The van der Waals surface area contributed by atoms with E-state index in [0.29, 0.717) is 18.6 Å². The number of rotatable bonds is 9. The van der Waals surface area contributed by atoms with Crippen LogP contribution in [0.25, 0.3) is 11.0 Å². The lowest BCUT2D eigenvalue weighted by atomic mass is 9.93. The highest BCUT2D eigenvalue weighted by molar-refractivity contribution is 5.85. The van der Waals surface area contributed by atoms with Crippen LogP contribution in [0.2, 0.25) is 0 Å². The normalized spacial score (nSPS) is 20.7. The lowest BCUT2D eigenvalue weighted by Gasteiger charge is -2.31. The quantitative estimate of drug-likeness (QED) is 0.463. The SMILES string of the molecule is CCOCCc1cnc(N[C@H]2CC[C@@H](Oc3cc(N4CCOCC4)cc4nccnc34)CC2)nc1. The minimum absolute atomic E-state index is 0.153. The van der Waals surface area contributed by atoms with Crippen LogP contribution in [0.4, 0.5) is 11.6 Å². The van der Waals surface area contributed by atoms with Gasteiger partial charge in [-0.05, 0) is 50.7 Å². The molecule has 186 valence electrons. The summed E-state index contributed by atoms with van der Waals surface area (Å²) in [7, 11) is 0. The molecule has 0 atom stereocenters. The zero-order valence-corrected chi connectivity index (χ0v) is 20.4. The lowest BCUT2D eigenvalue weighted by molar-refractivity contribution is 0.122. The van der Waals surface area contributed by atoms with Crippen molar-refractivity contribution in [1.82, 2.24) is 19.9 Å². The zero-order chi connectivity index (χ0) is 23.9. The lowest BCUT2D eigenvalue weighted by Crippen LogP contribution is -2.36. The van der Waals surface area contributed by atoms with Crippen molar-refractivity contribution in [2.45, 2.75) is 51.2 Å². The molecule has 0 unspecified atom stereocenters. The van der Waals surface area contributed by atoms with E-state index in [1.165, 1.54) is 0 Å². The second kappa shape index (κ2) is 11.6. The number of hydrogen-bond acceptors (Lipinski definition) is 9. The molecule has 3 aromatic rings. The maximum absolute atomic E-state index is 6.53. The van der Waals surface area contributed by atoms with E-state index in [2.05, 4.69) is 42.3 Å². The smallest absolute Gasteiger partial charge is 0.222 e. The number of ether oxygens (including phenoxy) is 3. The molecule has 1 aliphatic carbocycles. The van der Waals surface area contributed by atoms with Crippen LogP contribution in [-0.2, 0) is 15.9 Å². The van der Waals surface area contributed by atoms with Crippen LogP contribution < -0.4 is 15.0 Å². The first-order valence-corrected chi connectivity index (χ1v) is 12.7. The van der Waals surface area contributed by atoms with Crippen LogP contribution in [0.3, 0.4) is 0 Å². The highest BCUT2D eigenvalue weighted by Crippen LogP contribution is 2.33. The van der Waals surface area contributed by atoms with Crippen molar-refractivity contribution in [3.63, 3.8) is 0 Å². The molecule has 3 heterocycles. The summed E-state index contributed by atoms with van der Waals surface area (Å²) >= 11 is 0. The van der Waals surface area contributed by atoms with Crippen LogP contribution in [0.1, 0.15) is 38.2 Å². The average molecular weight is 479 g/mol. The minimum Gasteiger partial charge on any atom is -0.488 e. The van der Waals surface area contributed by atoms with E-state index in [4.69, 9.17) is 14.2 Å². The van der Waals surface area contributed by atoms with Gasteiger partial charge in [-0.2, -0.15) is 0 Å². The molecule has 2 aliphatic rings. The summed E-state index contributed by atoms with van der Waals surface area (Å²) in [6, 6.07) is 4.57. The first-order chi connectivity index (χ1) is 17.3. The largest absolute Gasteiger partial charge is 0.488 e. The van der Waals surface area contributed by atoms with Gasteiger partial charge in [0, 0.05) is 62.3 Å². The molecule has 1 aliphatic heterocycles. The fraction of sp³-hybridized carbons (Fsp3) is 0.538. The van der Waals surface area contributed by atoms with E-state index in [1.807, 2.05) is 19.3 Å². The summed E-state index contributed by atoms with van der Waals surface area (Å²) in [4.78, 5) is 20.4. The van der Waals surface area contributed by atoms with Crippen molar-refractivity contribution in [2.24, 2.45) is 0 Å². The number of benzene rings is 1. The molecule has 2 aromatic heterocycles. The van der Waals surface area contributed by atoms with Crippen LogP contribution in [0.15, 0.2) is 36.9 Å². The summed E-state index contributed by atoms with van der Waals surface area (Å²) < 4.78 is 17.5. The average Bonchev–Trinajstić information content (AvgIpc) is 2.91. The van der Waals surface area contributed by atoms with Gasteiger partial charge in [0.05, 0.1) is 31.4 Å². The van der Waals surface area contributed by atoms with Gasteiger partial charge in [-0.3, -0.25) is 4.98 Å². The van der Waals surface area contributed by atoms with Gasteiger partial charge in [-0.15, -0.1) is 0 Å². The first-order valence-electron chi connectivity index (χ1n) is 12.7. The van der Waals surface area contributed by atoms with Crippen LogP contribution in [0, 0.1) is 0 Å². The second-order valence-corrected chi connectivity index (χ2v) is 9.07. The van der Waals surface area contributed by atoms with Crippen LogP contribution in [-0.4, -0.2) is 71.6 Å². The van der Waals surface area contributed by atoms with E-state index in [9.17, 15) is 0 Å². The Kier molecular flexibility index (Phi) is 7.85. The highest BCUT2D eigenvalue weighted by atomic mass is 16.5. The van der Waals surface area contributed by atoms with Crippen molar-refractivity contribution in [3.8, 4) is 5.75 Å². The summed E-state index contributed by atoms with van der Waals surface area (Å²) in [5, 5.41) is 3.49. The van der Waals surface area contributed by atoms with Gasteiger partial charge in [-0.25, -0.2) is 15.0 Å². The Morgan fingerprint density at radius 3 is 2.54 bits per heavy atom.